The van der Waals surface area contributed by atoms with Gasteiger partial charge in [-0.05, 0) is 42.9 Å². The summed E-state index contributed by atoms with van der Waals surface area (Å²) in [5.41, 5.74) is 0. The molecule has 0 heterocycles. The maximum absolute atomic E-state index is 11.4. The van der Waals surface area contributed by atoms with Crippen LogP contribution in [0.4, 0.5) is 0 Å². The second kappa shape index (κ2) is 10.3. The van der Waals surface area contributed by atoms with Crippen molar-refractivity contribution in [3.63, 3.8) is 0 Å². The Bertz CT molecular complexity index is 373. The van der Waals surface area contributed by atoms with Crippen LogP contribution >= 0.6 is 0 Å². The SMILES string of the molecule is C=CCC(C(=O)O)C1CCC(CCC2CCC(CCC)CC2)CC1. The molecule has 0 saturated heterocycles. The number of rotatable bonds is 9. The van der Waals surface area contributed by atoms with Crippen molar-refractivity contribution in [2.75, 3.05) is 0 Å². The van der Waals surface area contributed by atoms with Crippen LogP contribution in [0.1, 0.15) is 90.4 Å². The summed E-state index contributed by atoms with van der Waals surface area (Å²) in [4.78, 5) is 11.4. The molecule has 2 fully saturated rings. The third-order valence-electron chi connectivity index (χ3n) is 6.84. The number of hydrogen-bond acceptors (Lipinski definition) is 1. The highest BCUT2D eigenvalue weighted by atomic mass is 16.4. The number of carbonyl (C=O) groups is 1. The van der Waals surface area contributed by atoms with Crippen LogP contribution in [0.3, 0.4) is 0 Å². The largest absolute Gasteiger partial charge is 0.481 e. The minimum Gasteiger partial charge on any atom is -0.481 e. The van der Waals surface area contributed by atoms with Crippen LogP contribution in [0.5, 0.6) is 0 Å². The minimum atomic E-state index is -0.623. The van der Waals surface area contributed by atoms with E-state index in [1.807, 2.05) is 0 Å². The average molecular weight is 335 g/mol. The molecule has 138 valence electrons. The van der Waals surface area contributed by atoms with E-state index < -0.39 is 5.97 Å². The fourth-order valence-electron chi connectivity index (χ4n) is 5.24. The smallest absolute Gasteiger partial charge is 0.307 e. The molecule has 2 rings (SSSR count). The molecule has 0 amide bonds. The van der Waals surface area contributed by atoms with Gasteiger partial charge in [-0.1, -0.05) is 77.2 Å². The quantitative estimate of drug-likeness (QED) is 0.491. The first kappa shape index (κ1) is 19.5. The summed E-state index contributed by atoms with van der Waals surface area (Å²) in [6.45, 7) is 6.04. The highest BCUT2D eigenvalue weighted by Gasteiger charge is 2.31. The van der Waals surface area contributed by atoms with Crippen molar-refractivity contribution >= 4 is 5.97 Å². The fraction of sp³-hybridized carbons (Fsp3) is 0.864. The first-order valence-electron chi connectivity index (χ1n) is 10.5. The molecule has 0 bridgehead atoms. The molecule has 24 heavy (non-hydrogen) atoms. The van der Waals surface area contributed by atoms with Gasteiger partial charge in [0.25, 0.3) is 0 Å². The van der Waals surface area contributed by atoms with Crippen molar-refractivity contribution in [1.82, 2.24) is 0 Å². The Morgan fingerprint density at radius 1 is 0.958 bits per heavy atom. The van der Waals surface area contributed by atoms with Crippen LogP contribution < -0.4 is 0 Å². The molecule has 1 N–H and O–H groups in total. The zero-order chi connectivity index (χ0) is 17.4. The number of aliphatic carboxylic acids is 1. The lowest BCUT2D eigenvalue weighted by Gasteiger charge is -2.33. The van der Waals surface area contributed by atoms with E-state index in [0.29, 0.717) is 12.3 Å². The summed E-state index contributed by atoms with van der Waals surface area (Å²) >= 11 is 0. The molecule has 0 radical (unpaired) electrons. The van der Waals surface area contributed by atoms with Crippen molar-refractivity contribution in [1.29, 1.82) is 0 Å². The molecular formula is C22H38O2. The monoisotopic (exact) mass is 334 g/mol. The molecule has 0 aromatic carbocycles. The molecule has 1 atom stereocenters. The summed E-state index contributed by atoms with van der Waals surface area (Å²) in [7, 11) is 0. The van der Waals surface area contributed by atoms with Gasteiger partial charge in [0.15, 0.2) is 0 Å². The van der Waals surface area contributed by atoms with E-state index in [1.54, 1.807) is 6.08 Å². The Morgan fingerprint density at radius 3 is 1.83 bits per heavy atom. The lowest BCUT2D eigenvalue weighted by molar-refractivity contribution is -0.144. The predicted molar refractivity (Wildman–Crippen MR) is 101 cm³/mol. The van der Waals surface area contributed by atoms with Crippen LogP contribution in [-0.2, 0) is 4.79 Å². The maximum atomic E-state index is 11.4. The highest BCUT2D eigenvalue weighted by Crippen LogP contribution is 2.39. The van der Waals surface area contributed by atoms with Gasteiger partial charge in [-0.3, -0.25) is 4.79 Å². The molecule has 2 aliphatic carbocycles. The Balaban J connectivity index is 1.65. The van der Waals surface area contributed by atoms with Crippen molar-refractivity contribution < 1.29 is 9.90 Å². The molecular weight excluding hydrogens is 296 g/mol. The van der Waals surface area contributed by atoms with Crippen LogP contribution in [0.2, 0.25) is 0 Å². The zero-order valence-electron chi connectivity index (χ0n) is 15.7. The lowest BCUT2D eigenvalue weighted by Crippen LogP contribution is -2.27. The molecule has 0 aromatic heterocycles. The Kier molecular flexibility index (Phi) is 8.35. The molecule has 0 spiro atoms. The summed E-state index contributed by atoms with van der Waals surface area (Å²) in [6, 6.07) is 0. The van der Waals surface area contributed by atoms with E-state index in [0.717, 1.165) is 30.6 Å². The van der Waals surface area contributed by atoms with Gasteiger partial charge in [-0.15, -0.1) is 6.58 Å². The highest BCUT2D eigenvalue weighted by molar-refractivity contribution is 5.70. The minimum absolute atomic E-state index is 0.197. The summed E-state index contributed by atoms with van der Waals surface area (Å²) in [5.74, 6) is 2.40. The van der Waals surface area contributed by atoms with Gasteiger partial charge in [0, 0.05) is 0 Å². The van der Waals surface area contributed by atoms with Crippen molar-refractivity contribution in [3.8, 4) is 0 Å². The van der Waals surface area contributed by atoms with E-state index in [4.69, 9.17) is 0 Å². The van der Waals surface area contributed by atoms with E-state index in [9.17, 15) is 9.90 Å². The van der Waals surface area contributed by atoms with Crippen molar-refractivity contribution in [3.05, 3.63) is 12.7 Å². The second-order valence-electron chi connectivity index (χ2n) is 8.50. The third kappa shape index (κ3) is 5.93. The van der Waals surface area contributed by atoms with Gasteiger partial charge >= 0.3 is 5.97 Å². The van der Waals surface area contributed by atoms with E-state index >= 15 is 0 Å². The van der Waals surface area contributed by atoms with Crippen molar-refractivity contribution in [2.45, 2.75) is 90.4 Å². The normalized spacial score (nSPS) is 32.2. The average Bonchev–Trinajstić information content (AvgIpc) is 2.60. The standard InChI is InChI=1S/C22H38O2/c1-3-5-17-7-9-18(10-8-17)11-12-19-13-15-20(16-14-19)21(6-4-2)22(23)24/h4,17-21H,2-3,5-16H2,1H3,(H,23,24). The van der Waals surface area contributed by atoms with Gasteiger partial charge in [0.05, 0.1) is 5.92 Å². The Morgan fingerprint density at radius 2 is 1.42 bits per heavy atom. The van der Waals surface area contributed by atoms with Gasteiger partial charge in [-0.2, -0.15) is 0 Å². The Labute approximate surface area is 149 Å². The molecule has 0 aliphatic heterocycles. The van der Waals surface area contributed by atoms with Gasteiger partial charge in [0.1, 0.15) is 0 Å². The second-order valence-corrected chi connectivity index (χ2v) is 8.50. The zero-order valence-corrected chi connectivity index (χ0v) is 15.7. The molecule has 2 aliphatic rings. The molecule has 2 heteroatoms. The Hall–Kier alpha value is -0.790. The third-order valence-corrected chi connectivity index (χ3v) is 6.84. The topological polar surface area (TPSA) is 37.3 Å². The summed E-state index contributed by atoms with van der Waals surface area (Å²) < 4.78 is 0. The van der Waals surface area contributed by atoms with Gasteiger partial charge < -0.3 is 5.11 Å². The number of carboxylic acid groups (broad SMARTS) is 1. The fourth-order valence-corrected chi connectivity index (χ4v) is 5.24. The maximum Gasteiger partial charge on any atom is 0.307 e. The number of hydrogen-bond donors (Lipinski definition) is 1. The van der Waals surface area contributed by atoms with Crippen LogP contribution in [-0.4, -0.2) is 11.1 Å². The lowest BCUT2D eigenvalue weighted by atomic mass is 9.72. The van der Waals surface area contributed by atoms with E-state index in [1.165, 1.54) is 64.2 Å². The molecule has 0 aromatic rings. The summed E-state index contributed by atoms with van der Waals surface area (Å²) in [5, 5.41) is 9.41. The van der Waals surface area contributed by atoms with Crippen molar-refractivity contribution in [2.24, 2.45) is 29.6 Å². The van der Waals surface area contributed by atoms with Crippen LogP contribution in [0, 0.1) is 29.6 Å². The summed E-state index contributed by atoms with van der Waals surface area (Å²) in [6.07, 6.45) is 18.6. The number of carboxylic acids is 1. The first-order valence-corrected chi connectivity index (χ1v) is 10.5. The predicted octanol–water partition coefficient (Wildman–Crippen LogP) is 6.46. The first-order chi connectivity index (χ1) is 11.6. The van der Waals surface area contributed by atoms with E-state index in [2.05, 4.69) is 13.5 Å². The molecule has 2 saturated carbocycles. The molecule has 1 unspecified atom stereocenters. The van der Waals surface area contributed by atoms with Crippen LogP contribution in [0.25, 0.3) is 0 Å². The van der Waals surface area contributed by atoms with E-state index in [-0.39, 0.29) is 5.92 Å². The number of allylic oxidation sites excluding steroid dienone is 1. The van der Waals surface area contributed by atoms with Gasteiger partial charge in [-0.25, -0.2) is 0 Å². The van der Waals surface area contributed by atoms with Crippen LogP contribution in [0.15, 0.2) is 12.7 Å². The molecule has 2 nitrogen and oxygen atoms in total. The van der Waals surface area contributed by atoms with Gasteiger partial charge in [0.2, 0.25) is 0 Å².